The van der Waals surface area contributed by atoms with Gasteiger partial charge >= 0.3 is 5.97 Å². The number of ether oxygens (including phenoxy) is 1. The maximum atomic E-state index is 14.3. The summed E-state index contributed by atoms with van der Waals surface area (Å²) in [5.74, 6) is -0.985. The number of nitrogens with one attached hydrogen (secondary N) is 1. The number of rotatable bonds is 3. The maximum Gasteiger partial charge on any atom is 0.317 e. The van der Waals surface area contributed by atoms with E-state index in [0.29, 0.717) is 21.7 Å². The molecule has 0 radical (unpaired) electrons. The molecular formula is C20H17BrFN3O2. The van der Waals surface area contributed by atoms with Gasteiger partial charge in [0.2, 0.25) is 5.95 Å². The summed E-state index contributed by atoms with van der Waals surface area (Å²) in [6.45, 7) is 6.02. The number of para-hydroxylation sites is 2. The van der Waals surface area contributed by atoms with Crippen LogP contribution in [-0.4, -0.2) is 22.1 Å². The quantitative estimate of drug-likeness (QED) is 0.615. The van der Waals surface area contributed by atoms with E-state index in [1.54, 1.807) is 19.1 Å². The highest BCUT2D eigenvalue weighted by Gasteiger charge is 2.41. The highest BCUT2D eigenvalue weighted by molar-refractivity contribution is 9.10. The van der Waals surface area contributed by atoms with Crippen LogP contribution in [0.3, 0.4) is 0 Å². The van der Waals surface area contributed by atoms with Crippen molar-refractivity contribution < 1.29 is 13.9 Å². The van der Waals surface area contributed by atoms with Crippen LogP contribution in [0.4, 0.5) is 10.3 Å². The Labute approximate surface area is 164 Å². The molecule has 0 saturated carbocycles. The summed E-state index contributed by atoms with van der Waals surface area (Å²) in [5, 5.41) is 3.12. The molecule has 1 aliphatic heterocycles. The second kappa shape index (κ2) is 6.81. The van der Waals surface area contributed by atoms with Crippen molar-refractivity contribution in [3.8, 4) is 0 Å². The van der Waals surface area contributed by atoms with E-state index in [0.717, 1.165) is 11.0 Å². The minimum Gasteiger partial charge on any atom is -0.465 e. The Morgan fingerprint density at radius 1 is 1.33 bits per heavy atom. The minimum atomic E-state index is -0.729. The van der Waals surface area contributed by atoms with Crippen molar-refractivity contribution in [1.82, 2.24) is 9.55 Å². The fourth-order valence-electron chi connectivity index (χ4n) is 3.55. The van der Waals surface area contributed by atoms with Crippen LogP contribution in [0.1, 0.15) is 18.5 Å². The second-order valence-corrected chi connectivity index (χ2v) is 7.05. The maximum absolute atomic E-state index is 14.3. The van der Waals surface area contributed by atoms with Gasteiger partial charge in [-0.05, 0) is 46.6 Å². The number of benzene rings is 2. The smallest absolute Gasteiger partial charge is 0.317 e. The molecule has 0 amide bonds. The first-order valence-corrected chi connectivity index (χ1v) is 9.35. The summed E-state index contributed by atoms with van der Waals surface area (Å²) in [6.07, 6.45) is 0. The molecule has 138 valence electrons. The van der Waals surface area contributed by atoms with Crippen LogP contribution in [0.5, 0.6) is 0 Å². The van der Waals surface area contributed by atoms with Crippen LogP contribution in [0.25, 0.3) is 11.0 Å². The topological polar surface area (TPSA) is 56.2 Å². The minimum absolute atomic E-state index is 0.247. The Morgan fingerprint density at radius 2 is 2.11 bits per heavy atom. The van der Waals surface area contributed by atoms with E-state index in [-0.39, 0.29) is 6.61 Å². The van der Waals surface area contributed by atoms with E-state index in [4.69, 9.17) is 4.74 Å². The van der Waals surface area contributed by atoms with Gasteiger partial charge in [-0.25, -0.2) is 9.37 Å². The standard InChI is InChI=1S/C20H17BrFN3O2/c1-3-27-19(26)16-11(2)23-20-24-14-9-4-5-10-15(14)25(20)18(16)12-7-6-8-13(22)17(12)21/h4-10,16,18H,2-3H2,1H3,(H,23,24). The molecule has 0 bridgehead atoms. The number of fused-ring (bicyclic) bond motifs is 3. The molecule has 3 aromatic rings. The van der Waals surface area contributed by atoms with E-state index < -0.39 is 23.7 Å². The fourth-order valence-corrected chi connectivity index (χ4v) is 4.04. The van der Waals surface area contributed by atoms with Crippen molar-refractivity contribution in [2.45, 2.75) is 13.0 Å². The van der Waals surface area contributed by atoms with Crippen LogP contribution in [0, 0.1) is 11.7 Å². The first-order chi connectivity index (χ1) is 13.0. The Hall–Kier alpha value is -2.67. The van der Waals surface area contributed by atoms with Crippen LogP contribution in [-0.2, 0) is 9.53 Å². The molecule has 0 spiro atoms. The van der Waals surface area contributed by atoms with E-state index in [1.807, 2.05) is 28.8 Å². The van der Waals surface area contributed by atoms with Crippen LogP contribution in [0.2, 0.25) is 0 Å². The molecule has 1 aliphatic rings. The number of hydrogen-bond donors (Lipinski definition) is 1. The van der Waals surface area contributed by atoms with Crippen molar-refractivity contribution in [2.24, 2.45) is 5.92 Å². The number of nitrogens with zero attached hydrogens (tertiary/aromatic N) is 2. The van der Waals surface area contributed by atoms with Gasteiger partial charge in [0.05, 0.1) is 28.2 Å². The third-order valence-electron chi connectivity index (χ3n) is 4.68. The number of esters is 1. The summed E-state index contributed by atoms with van der Waals surface area (Å²) < 4.78 is 21.8. The van der Waals surface area contributed by atoms with E-state index in [2.05, 4.69) is 32.8 Å². The lowest BCUT2D eigenvalue weighted by Gasteiger charge is -2.35. The van der Waals surface area contributed by atoms with Gasteiger partial charge in [0.15, 0.2) is 0 Å². The lowest BCUT2D eigenvalue weighted by Crippen LogP contribution is -2.37. The molecule has 0 saturated heterocycles. The SMILES string of the molecule is C=C1Nc2nc3ccccc3n2C(c2cccc(F)c2Br)C1C(=O)OCC. The summed E-state index contributed by atoms with van der Waals surface area (Å²) in [5.41, 5.74) is 2.70. The highest BCUT2D eigenvalue weighted by atomic mass is 79.9. The molecule has 2 atom stereocenters. The van der Waals surface area contributed by atoms with Gasteiger partial charge in [-0.15, -0.1) is 0 Å². The monoisotopic (exact) mass is 429 g/mol. The van der Waals surface area contributed by atoms with Gasteiger partial charge in [0, 0.05) is 5.70 Å². The van der Waals surface area contributed by atoms with Crippen LogP contribution in [0.15, 0.2) is 59.2 Å². The molecule has 4 rings (SSSR count). The van der Waals surface area contributed by atoms with Gasteiger partial charge in [-0.3, -0.25) is 4.79 Å². The molecule has 1 N–H and O–H groups in total. The zero-order chi connectivity index (χ0) is 19.1. The molecule has 2 aromatic carbocycles. The molecule has 0 aliphatic carbocycles. The van der Waals surface area contributed by atoms with Crippen molar-refractivity contribution in [3.05, 3.63) is 70.6 Å². The average molecular weight is 430 g/mol. The number of halogens is 2. The Morgan fingerprint density at radius 3 is 2.89 bits per heavy atom. The Kier molecular flexibility index (Phi) is 4.47. The lowest BCUT2D eigenvalue weighted by molar-refractivity contribution is -0.147. The van der Waals surface area contributed by atoms with Crippen molar-refractivity contribution in [2.75, 3.05) is 11.9 Å². The first kappa shape index (κ1) is 17.7. The molecule has 27 heavy (non-hydrogen) atoms. The summed E-state index contributed by atoms with van der Waals surface area (Å²) in [4.78, 5) is 17.4. The third-order valence-corrected chi connectivity index (χ3v) is 5.51. The lowest BCUT2D eigenvalue weighted by atomic mass is 9.88. The summed E-state index contributed by atoms with van der Waals surface area (Å²) in [6, 6.07) is 11.8. The van der Waals surface area contributed by atoms with Gasteiger partial charge in [-0.1, -0.05) is 30.8 Å². The molecule has 2 heterocycles. The third kappa shape index (κ3) is 2.82. The normalized spacial score (nSPS) is 18.9. The van der Waals surface area contributed by atoms with Crippen LogP contribution >= 0.6 is 15.9 Å². The molecule has 2 unspecified atom stereocenters. The fraction of sp³-hybridized carbons (Fsp3) is 0.200. The predicted molar refractivity (Wildman–Crippen MR) is 105 cm³/mol. The van der Waals surface area contributed by atoms with Crippen molar-refractivity contribution in [1.29, 1.82) is 0 Å². The average Bonchev–Trinajstić information content (AvgIpc) is 3.01. The number of anilines is 1. The van der Waals surface area contributed by atoms with E-state index in [1.165, 1.54) is 6.07 Å². The zero-order valence-corrected chi connectivity index (χ0v) is 16.2. The molecule has 0 fully saturated rings. The van der Waals surface area contributed by atoms with E-state index >= 15 is 0 Å². The van der Waals surface area contributed by atoms with Crippen molar-refractivity contribution in [3.63, 3.8) is 0 Å². The van der Waals surface area contributed by atoms with Gasteiger partial charge in [0.1, 0.15) is 11.7 Å². The Bertz CT molecular complexity index is 1060. The van der Waals surface area contributed by atoms with Gasteiger partial charge in [-0.2, -0.15) is 0 Å². The predicted octanol–water partition coefficient (Wildman–Crippen LogP) is 4.65. The number of hydrogen-bond acceptors (Lipinski definition) is 4. The van der Waals surface area contributed by atoms with Crippen LogP contribution < -0.4 is 5.32 Å². The van der Waals surface area contributed by atoms with E-state index in [9.17, 15) is 9.18 Å². The summed E-state index contributed by atoms with van der Waals surface area (Å²) >= 11 is 3.34. The number of imidazole rings is 1. The summed E-state index contributed by atoms with van der Waals surface area (Å²) in [7, 11) is 0. The molecular weight excluding hydrogens is 413 g/mol. The Balaban J connectivity index is 2.01. The second-order valence-electron chi connectivity index (χ2n) is 6.26. The number of carbonyl (C=O) groups is 1. The van der Waals surface area contributed by atoms with Gasteiger partial charge in [0.25, 0.3) is 0 Å². The largest absolute Gasteiger partial charge is 0.465 e. The molecule has 5 nitrogen and oxygen atoms in total. The highest BCUT2D eigenvalue weighted by Crippen LogP contribution is 2.44. The first-order valence-electron chi connectivity index (χ1n) is 8.56. The zero-order valence-electron chi connectivity index (χ0n) is 14.6. The molecule has 7 heteroatoms. The number of aromatic nitrogens is 2. The van der Waals surface area contributed by atoms with Crippen molar-refractivity contribution >= 4 is 38.9 Å². The molecule has 1 aromatic heterocycles. The van der Waals surface area contributed by atoms with Gasteiger partial charge < -0.3 is 14.6 Å². The number of carbonyl (C=O) groups excluding carboxylic acids is 1.